The summed E-state index contributed by atoms with van der Waals surface area (Å²) in [5.74, 6) is -2.63. The molecule has 0 N–H and O–H groups in total. The van der Waals surface area contributed by atoms with Crippen LogP contribution in [-0.4, -0.2) is 37.2 Å². The van der Waals surface area contributed by atoms with Gasteiger partial charge < -0.3 is 14.2 Å². The standard InChI is InChI=1S/C13H16Cl2O6/c1-4-13(11(17)19-5-2,12(18)20-6-3)9-7(14)8(15)10(16)21-9/h9H,4-6H2,1-3H3. The average Bonchev–Trinajstić information content (AvgIpc) is 2.69. The first-order chi connectivity index (χ1) is 9.86. The van der Waals surface area contributed by atoms with Gasteiger partial charge in [0.05, 0.1) is 18.2 Å². The first kappa shape index (κ1) is 17.8. The van der Waals surface area contributed by atoms with Gasteiger partial charge in [0, 0.05) is 0 Å². The van der Waals surface area contributed by atoms with Gasteiger partial charge in [0.15, 0.2) is 6.10 Å². The minimum atomic E-state index is -1.87. The molecule has 0 aliphatic carbocycles. The predicted octanol–water partition coefficient (Wildman–Crippen LogP) is 2.12. The van der Waals surface area contributed by atoms with Crippen molar-refractivity contribution in [3.8, 4) is 0 Å². The molecule has 1 rings (SSSR count). The smallest absolute Gasteiger partial charge is 0.351 e. The molecule has 1 aliphatic heterocycles. The van der Waals surface area contributed by atoms with E-state index in [9.17, 15) is 14.4 Å². The van der Waals surface area contributed by atoms with Crippen molar-refractivity contribution in [2.45, 2.75) is 33.3 Å². The molecule has 1 aliphatic rings. The molecule has 0 bridgehead atoms. The van der Waals surface area contributed by atoms with Gasteiger partial charge in [0.25, 0.3) is 0 Å². The van der Waals surface area contributed by atoms with Crippen molar-refractivity contribution < 1.29 is 28.6 Å². The van der Waals surface area contributed by atoms with Crippen LogP contribution in [0.5, 0.6) is 0 Å². The Kier molecular flexibility index (Phi) is 6.04. The van der Waals surface area contributed by atoms with Gasteiger partial charge in [-0.2, -0.15) is 0 Å². The van der Waals surface area contributed by atoms with Crippen LogP contribution in [0.4, 0.5) is 0 Å². The van der Waals surface area contributed by atoms with E-state index >= 15 is 0 Å². The van der Waals surface area contributed by atoms with Crippen molar-refractivity contribution in [1.82, 2.24) is 0 Å². The van der Waals surface area contributed by atoms with Crippen molar-refractivity contribution in [2.75, 3.05) is 13.2 Å². The highest BCUT2D eigenvalue weighted by Gasteiger charge is 2.59. The molecule has 6 nitrogen and oxygen atoms in total. The van der Waals surface area contributed by atoms with Gasteiger partial charge in [0.2, 0.25) is 5.41 Å². The Hall–Kier alpha value is -1.27. The SMILES string of the molecule is CCOC(=O)C(CC)(C(=O)OCC)C1OC(=O)C(Cl)=C1Cl. The lowest BCUT2D eigenvalue weighted by Crippen LogP contribution is -2.51. The molecule has 0 saturated heterocycles. The van der Waals surface area contributed by atoms with Gasteiger partial charge in [0.1, 0.15) is 5.03 Å². The predicted molar refractivity (Wildman–Crippen MR) is 74.6 cm³/mol. The summed E-state index contributed by atoms with van der Waals surface area (Å²) >= 11 is 11.7. The van der Waals surface area contributed by atoms with E-state index in [0.29, 0.717) is 0 Å². The van der Waals surface area contributed by atoms with E-state index in [1.165, 1.54) is 0 Å². The van der Waals surface area contributed by atoms with Crippen LogP contribution in [0.3, 0.4) is 0 Å². The van der Waals surface area contributed by atoms with Crippen LogP contribution in [-0.2, 0) is 28.6 Å². The summed E-state index contributed by atoms with van der Waals surface area (Å²) in [5, 5.41) is -0.558. The number of carbonyl (C=O) groups excluding carboxylic acids is 3. The lowest BCUT2D eigenvalue weighted by atomic mass is 9.79. The lowest BCUT2D eigenvalue weighted by Gasteiger charge is -2.32. The third-order valence-corrected chi connectivity index (χ3v) is 3.97. The van der Waals surface area contributed by atoms with E-state index in [1.807, 2.05) is 0 Å². The summed E-state index contributed by atoms with van der Waals surface area (Å²) in [7, 11) is 0. The molecular weight excluding hydrogens is 323 g/mol. The van der Waals surface area contributed by atoms with Gasteiger partial charge in [-0.3, -0.25) is 9.59 Å². The Bertz CT molecular complexity index is 467. The van der Waals surface area contributed by atoms with E-state index in [1.54, 1.807) is 20.8 Å². The minimum Gasteiger partial charge on any atom is -0.465 e. The summed E-state index contributed by atoms with van der Waals surface area (Å²) < 4.78 is 14.9. The van der Waals surface area contributed by atoms with Crippen LogP contribution in [0.25, 0.3) is 0 Å². The van der Waals surface area contributed by atoms with E-state index in [0.717, 1.165) is 0 Å². The second-order valence-corrected chi connectivity index (χ2v) is 5.00. The van der Waals surface area contributed by atoms with Crippen LogP contribution in [0, 0.1) is 5.41 Å². The number of carbonyl (C=O) groups is 3. The highest BCUT2D eigenvalue weighted by molar-refractivity contribution is 6.49. The van der Waals surface area contributed by atoms with Crippen molar-refractivity contribution in [1.29, 1.82) is 0 Å². The molecule has 0 fully saturated rings. The molecule has 0 amide bonds. The van der Waals surface area contributed by atoms with Crippen LogP contribution in [0.2, 0.25) is 0 Å². The molecule has 0 radical (unpaired) electrons. The Morgan fingerprint density at radius 1 is 1.14 bits per heavy atom. The highest BCUT2D eigenvalue weighted by atomic mass is 35.5. The number of esters is 3. The molecule has 0 aromatic carbocycles. The van der Waals surface area contributed by atoms with E-state index < -0.39 is 29.4 Å². The molecule has 0 saturated carbocycles. The number of rotatable bonds is 6. The zero-order chi connectivity index (χ0) is 16.2. The van der Waals surface area contributed by atoms with Gasteiger partial charge in [-0.1, -0.05) is 30.1 Å². The van der Waals surface area contributed by atoms with Gasteiger partial charge in [-0.05, 0) is 20.3 Å². The second kappa shape index (κ2) is 7.13. The molecular formula is C13H16Cl2O6. The maximum atomic E-state index is 12.3. The molecule has 21 heavy (non-hydrogen) atoms. The first-order valence-electron chi connectivity index (χ1n) is 6.47. The molecule has 1 atom stereocenters. The minimum absolute atomic E-state index is 0.0248. The third-order valence-electron chi connectivity index (χ3n) is 3.13. The summed E-state index contributed by atoms with van der Waals surface area (Å²) in [6.07, 6.45) is -1.37. The molecule has 118 valence electrons. The first-order valence-corrected chi connectivity index (χ1v) is 7.22. The van der Waals surface area contributed by atoms with Crippen LogP contribution in [0.1, 0.15) is 27.2 Å². The molecule has 0 aromatic rings. The zero-order valence-electron chi connectivity index (χ0n) is 11.9. The lowest BCUT2D eigenvalue weighted by molar-refractivity contribution is -0.182. The van der Waals surface area contributed by atoms with Crippen molar-refractivity contribution >= 4 is 41.1 Å². The van der Waals surface area contributed by atoms with Crippen LogP contribution < -0.4 is 0 Å². The fraction of sp³-hybridized carbons (Fsp3) is 0.615. The van der Waals surface area contributed by atoms with E-state index in [4.69, 9.17) is 37.4 Å². The number of halogens is 2. The normalized spacial score (nSPS) is 18.5. The quantitative estimate of drug-likeness (QED) is 0.419. The molecule has 1 unspecified atom stereocenters. The topological polar surface area (TPSA) is 78.9 Å². The Balaban J connectivity index is 3.34. The molecule has 8 heteroatoms. The van der Waals surface area contributed by atoms with E-state index in [-0.39, 0.29) is 29.7 Å². The Labute approximate surface area is 132 Å². The number of hydrogen-bond donors (Lipinski definition) is 0. The Morgan fingerprint density at radius 2 is 1.62 bits per heavy atom. The zero-order valence-corrected chi connectivity index (χ0v) is 13.4. The van der Waals surface area contributed by atoms with E-state index in [2.05, 4.69) is 0 Å². The average molecular weight is 339 g/mol. The largest absolute Gasteiger partial charge is 0.465 e. The van der Waals surface area contributed by atoms with Crippen LogP contribution in [0.15, 0.2) is 10.1 Å². The van der Waals surface area contributed by atoms with Gasteiger partial charge in [-0.15, -0.1) is 0 Å². The molecule has 0 aromatic heterocycles. The monoisotopic (exact) mass is 338 g/mol. The van der Waals surface area contributed by atoms with Crippen molar-refractivity contribution in [2.24, 2.45) is 5.41 Å². The van der Waals surface area contributed by atoms with Crippen molar-refractivity contribution in [3.05, 3.63) is 10.1 Å². The number of hydrogen-bond acceptors (Lipinski definition) is 6. The third kappa shape index (κ3) is 3.01. The summed E-state index contributed by atoms with van der Waals surface area (Å²) in [6, 6.07) is 0. The Morgan fingerprint density at radius 3 is 1.90 bits per heavy atom. The summed E-state index contributed by atoms with van der Waals surface area (Å²) in [6.45, 7) is 4.85. The van der Waals surface area contributed by atoms with Crippen molar-refractivity contribution in [3.63, 3.8) is 0 Å². The fourth-order valence-corrected chi connectivity index (χ4v) is 2.48. The maximum Gasteiger partial charge on any atom is 0.351 e. The number of ether oxygens (including phenoxy) is 3. The second-order valence-electron chi connectivity index (χ2n) is 4.21. The maximum absolute atomic E-state index is 12.3. The fourth-order valence-electron chi connectivity index (χ4n) is 2.03. The summed E-state index contributed by atoms with van der Waals surface area (Å²) in [5.41, 5.74) is -1.87. The molecule has 1 heterocycles. The highest BCUT2D eigenvalue weighted by Crippen LogP contribution is 2.43. The van der Waals surface area contributed by atoms with Gasteiger partial charge in [-0.25, -0.2) is 4.79 Å². The molecule has 0 spiro atoms. The summed E-state index contributed by atoms with van der Waals surface area (Å²) in [4.78, 5) is 36.2. The number of cyclic esters (lactones) is 1. The van der Waals surface area contributed by atoms with Gasteiger partial charge >= 0.3 is 17.9 Å². The van der Waals surface area contributed by atoms with Crippen LogP contribution >= 0.6 is 23.2 Å².